The van der Waals surface area contributed by atoms with Crippen LogP contribution in [0.5, 0.6) is 5.75 Å². The minimum Gasteiger partial charge on any atom is -0.493 e. The van der Waals surface area contributed by atoms with Gasteiger partial charge in [0, 0.05) is 5.56 Å². The molecule has 0 atom stereocenters. The van der Waals surface area contributed by atoms with Crippen LogP contribution in [0.25, 0.3) is 0 Å². The van der Waals surface area contributed by atoms with Crippen molar-refractivity contribution in [1.29, 1.82) is 0 Å². The molecule has 0 aromatic heterocycles. The Labute approximate surface area is 113 Å². The first kappa shape index (κ1) is 14.9. The van der Waals surface area contributed by atoms with E-state index in [1.807, 2.05) is 43.0 Å². The molecule has 0 aliphatic heterocycles. The second kappa shape index (κ2) is 8.86. The Balaban J connectivity index is 2.59. The maximum atomic E-state index is 8.97. The van der Waals surface area contributed by atoms with Gasteiger partial charge >= 0.3 is 0 Å². The van der Waals surface area contributed by atoms with E-state index in [0.717, 1.165) is 29.2 Å². The molecule has 100 valence electrons. The SMILES string of the molecule is CCSCCCOc1ccccc1/C(CC)=N/O. The molecule has 3 nitrogen and oxygen atoms in total. The molecule has 18 heavy (non-hydrogen) atoms. The molecule has 1 N–H and O–H groups in total. The van der Waals surface area contributed by atoms with Gasteiger partial charge in [0.05, 0.1) is 12.3 Å². The summed E-state index contributed by atoms with van der Waals surface area (Å²) in [5.41, 5.74) is 1.54. The summed E-state index contributed by atoms with van der Waals surface area (Å²) in [5, 5.41) is 12.3. The second-order valence-electron chi connectivity index (χ2n) is 3.80. The van der Waals surface area contributed by atoms with Crippen LogP contribution in [0.15, 0.2) is 29.4 Å². The lowest BCUT2D eigenvalue weighted by molar-refractivity contribution is 0.312. The van der Waals surface area contributed by atoms with Crippen molar-refractivity contribution in [2.45, 2.75) is 26.7 Å². The Hall–Kier alpha value is -1.16. The molecule has 0 saturated heterocycles. The number of ether oxygens (including phenoxy) is 1. The number of oxime groups is 1. The summed E-state index contributed by atoms with van der Waals surface area (Å²) in [6.07, 6.45) is 1.72. The predicted octanol–water partition coefficient (Wildman–Crippen LogP) is 3.80. The lowest BCUT2D eigenvalue weighted by atomic mass is 10.1. The third kappa shape index (κ3) is 4.61. The van der Waals surface area contributed by atoms with Crippen LogP contribution in [0.3, 0.4) is 0 Å². The summed E-state index contributed by atoms with van der Waals surface area (Å²) >= 11 is 1.92. The Bertz CT molecular complexity index is 380. The number of nitrogens with zero attached hydrogens (tertiary/aromatic N) is 1. The normalized spacial score (nSPS) is 11.6. The molecule has 1 rings (SSSR count). The zero-order valence-corrected chi connectivity index (χ0v) is 11.9. The third-order valence-corrected chi connectivity index (χ3v) is 3.53. The van der Waals surface area contributed by atoms with Gasteiger partial charge in [-0.15, -0.1) is 0 Å². The zero-order valence-electron chi connectivity index (χ0n) is 11.1. The molecule has 0 heterocycles. The van der Waals surface area contributed by atoms with E-state index in [-0.39, 0.29) is 0 Å². The maximum absolute atomic E-state index is 8.97. The van der Waals surface area contributed by atoms with Crippen LogP contribution in [0.4, 0.5) is 0 Å². The van der Waals surface area contributed by atoms with E-state index in [0.29, 0.717) is 18.7 Å². The van der Waals surface area contributed by atoms with Crippen LogP contribution in [0, 0.1) is 0 Å². The van der Waals surface area contributed by atoms with Gasteiger partial charge in [-0.1, -0.05) is 31.1 Å². The second-order valence-corrected chi connectivity index (χ2v) is 5.19. The maximum Gasteiger partial charge on any atom is 0.128 e. The van der Waals surface area contributed by atoms with E-state index in [9.17, 15) is 0 Å². The van der Waals surface area contributed by atoms with Gasteiger partial charge in [-0.3, -0.25) is 0 Å². The quantitative estimate of drug-likeness (QED) is 0.337. The van der Waals surface area contributed by atoms with Crippen molar-refractivity contribution in [1.82, 2.24) is 0 Å². The molecular formula is C14H21NO2S. The van der Waals surface area contributed by atoms with E-state index in [2.05, 4.69) is 12.1 Å². The molecule has 1 aromatic carbocycles. The lowest BCUT2D eigenvalue weighted by Crippen LogP contribution is -2.06. The van der Waals surface area contributed by atoms with Crippen molar-refractivity contribution < 1.29 is 9.94 Å². The molecule has 0 amide bonds. The van der Waals surface area contributed by atoms with Gasteiger partial charge in [0.1, 0.15) is 5.75 Å². The van der Waals surface area contributed by atoms with Crippen molar-refractivity contribution in [3.05, 3.63) is 29.8 Å². The molecule has 0 aliphatic rings. The molecule has 0 unspecified atom stereocenters. The fourth-order valence-corrected chi connectivity index (χ4v) is 2.24. The first-order valence-corrected chi connectivity index (χ1v) is 7.49. The Morgan fingerprint density at radius 2 is 2.11 bits per heavy atom. The summed E-state index contributed by atoms with van der Waals surface area (Å²) in [4.78, 5) is 0. The minimum absolute atomic E-state index is 0.661. The fraction of sp³-hybridized carbons (Fsp3) is 0.500. The highest BCUT2D eigenvalue weighted by molar-refractivity contribution is 7.99. The summed E-state index contributed by atoms with van der Waals surface area (Å²) < 4.78 is 5.76. The predicted molar refractivity (Wildman–Crippen MR) is 78.2 cm³/mol. The first-order valence-electron chi connectivity index (χ1n) is 6.34. The van der Waals surface area contributed by atoms with Gasteiger partial charge < -0.3 is 9.94 Å². The number of rotatable bonds is 8. The van der Waals surface area contributed by atoms with Crippen LogP contribution >= 0.6 is 11.8 Å². The van der Waals surface area contributed by atoms with Crippen LogP contribution < -0.4 is 4.74 Å². The number of hydrogen-bond donors (Lipinski definition) is 1. The van der Waals surface area contributed by atoms with Crippen LogP contribution in [0.1, 0.15) is 32.3 Å². The topological polar surface area (TPSA) is 41.8 Å². The number of para-hydroxylation sites is 1. The third-order valence-electron chi connectivity index (χ3n) is 2.55. The molecule has 0 bridgehead atoms. The van der Waals surface area contributed by atoms with E-state index in [1.165, 1.54) is 0 Å². The smallest absolute Gasteiger partial charge is 0.128 e. The van der Waals surface area contributed by atoms with E-state index < -0.39 is 0 Å². The Morgan fingerprint density at radius 3 is 2.78 bits per heavy atom. The monoisotopic (exact) mass is 267 g/mol. The average Bonchev–Trinajstić information content (AvgIpc) is 2.41. The highest BCUT2D eigenvalue weighted by Gasteiger charge is 2.08. The van der Waals surface area contributed by atoms with Crippen LogP contribution in [-0.4, -0.2) is 29.0 Å². The average molecular weight is 267 g/mol. The molecular weight excluding hydrogens is 246 g/mol. The van der Waals surface area contributed by atoms with E-state index in [4.69, 9.17) is 9.94 Å². The number of benzene rings is 1. The minimum atomic E-state index is 0.661. The molecule has 0 radical (unpaired) electrons. The fourth-order valence-electron chi connectivity index (χ4n) is 1.63. The highest BCUT2D eigenvalue weighted by atomic mass is 32.2. The molecule has 0 spiro atoms. The van der Waals surface area contributed by atoms with Gasteiger partial charge in [0.2, 0.25) is 0 Å². The zero-order chi connectivity index (χ0) is 13.2. The van der Waals surface area contributed by atoms with E-state index in [1.54, 1.807) is 0 Å². The summed E-state index contributed by atoms with van der Waals surface area (Å²) in [7, 11) is 0. The van der Waals surface area contributed by atoms with Crippen molar-refractivity contribution in [3.63, 3.8) is 0 Å². The van der Waals surface area contributed by atoms with E-state index >= 15 is 0 Å². The van der Waals surface area contributed by atoms with Gasteiger partial charge in [0.15, 0.2) is 0 Å². The van der Waals surface area contributed by atoms with Crippen LogP contribution in [-0.2, 0) is 0 Å². The Kier molecular flexibility index (Phi) is 7.34. The summed E-state index contributed by atoms with van der Waals surface area (Å²) in [5.74, 6) is 3.06. The lowest BCUT2D eigenvalue weighted by Gasteiger charge is -2.11. The first-order chi connectivity index (χ1) is 8.83. The van der Waals surface area contributed by atoms with Crippen molar-refractivity contribution >= 4 is 17.5 Å². The molecule has 0 aliphatic carbocycles. The van der Waals surface area contributed by atoms with Crippen molar-refractivity contribution in [3.8, 4) is 5.75 Å². The summed E-state index contributed by atoms with van der Waals surface area (Å²) in [6, 6.07) is 7.71. The molecule has 0 fully saturated rings. The van der Waals surface area contributed by atoms with Crippen molar-refractivity contribution in [2.75, 3.05) is 18.1 Å². The largest absolute Gasteiger partial charge is 0.493 e. The molecule has 4 heteroatoms. The number of thioether (sulfide) groups is 1. The Morgan fingerprint density at radius 1 is 1.33 bits per heavy atom. The van der Waals surface area contributed by atoms with Gasteiger partial charge in [0.25, 0.3) is 0 Å². The summed E-state index contributed by atoms with van der Waals surface area (Å²) in [6.45, 7) is 4.82. The standard InChI is InChI=1S/C14H21NO2S/c1-3-13(15-16)12-8-5-6-9-14(12)17-10-7-11-18-4-2/h5-6,8-9,16H,3-4,7,10-11H2,1-2H3/b15-13+. The van der Waals surface area contributed by atoms with Gasteiger partial charge in [-0.2, -0.15) is 11.8 Å². The van der Waals surface area contributed by atoms with Gasteiger partial charge in [-0.25, -0.2) is 0 Å². The molecule has 0 saturated carbocycles. The van der Waals surface area contributed by atoms with Gasteiger partial charge in [-0.05, 0) is 36.5 Å². The highest BCUT2D eigenvalue weighted by Crippen LogP contribution is 2.20. The molecule has 1 aromatic rings. The van der Waals surface area contributed by atoms with Crippen molar-refractivity contribution in [2.24, 2.45) is 5.16 Å². The van der Waals surface area contributed by atoms with Crippen LogP contribution in [0.2, 0.25) is 0 Å². The number of hydrogen-bond acceptors (Lipinski definition) is 4.